The molecule has 1 heterocycles. The first kappa shape index (κ1) is 24.2. The Balaban J connectivity index is 2.00. The summed E-state index contributed by atoms with van der Waals surface area (Å²) in [5.74, 6) is -0.293. The minimum atomic E-state index is -3.68. The van der Waals surface area contributed by atoms with Gasteiger partial charge < -0.3 is 15.0 Å². The number of morpholine rings is 1. The lowest BCUT2D eigenvalue weighted by Gasteiger charge is -2.31. The minimum Gasteiger partial charge on any atom is -0.378 e. The normalized spacial score (nSPS) is 15.6. The largest absolute Gasteiger partial charge is 0.378 e. The van der Waals surface area contributed by atoms with Gasteiger partial charge in [0, 0.05) is 31.9 Å². The molecule has 1 atom stereocenters. The molecule has 1 N–H and O–H groups in total. The third-order valence-corrected chi connectivity index (χ3v) is 7.96. The second-order valence-corrected chi connectivity index (χ2v) is 9.86. The first-order chi connectivity index (χ1) is 15.3. The van der Waals surface area contributed by atoms with Crippen LogP contribution in [0.1, 0.15) is 48.3 Å². The van der Waals surface area contributed by atoms with Crippen molar-refractivity contribution in [1.29, 1.82) is 0 Å². The second kappa shape index (κ2) is 10.5. The molecular weight excluding hydrogens is 426 g/mol. The average molecular weight is 460 g/mol. The lowest BCUT2D eigenvalue weighted by atomic mass is 10.0. The van der Waals surface area contributed by atoms with Crippen molar-refractivity contribution in [1.82, 2.24) is 9.62 Å². The highest BCUT2D eigenvalue weighted by Gasteiger charge is 2.27. The van der Waals surface area contributed by atoms with Crippen LogP contribution in [0.5, 0.6) is 0 Å². The molecule has 8 heteroatoms. The average Bonchev–Trinajstić information content (AvgIpc) is 2.80. The topological polar surface area (TPSA) is 79.0 Å². The van der Waals surface area contributed by atoms with Gasteiger partial charge in [0.2, 0.25) is 10.0 Å². The third kappa shape index (κ3) is 5.14. The molecule has 0 aromatic heterocycles. The third-order valence-electron chi connectivity index (χ3n) is 5.91. The van der Waals surface area contributed by atoms with Crippen LogP contribution in [0.2, 0.25) is 0 Å². The van der Waals surface area contributed by atoms with Crippen molar-refractivity contribution >= 4 is 21.6 Å². The summed E-state index contributed by atoms with van der Waals surface area (Å²) in [6.07, 6.45) is 0. The predicted molar refractivity (Wildman–Crippen MR) is 127 cm³/mol. The monoisotopic (exact) mass is 459 g/mol. The van der Waals surface area contributed by atoms with E-state index < -0.39 is 10.0 Å². The van der Waals surface area contributed by atoms with E-state index in [4.69, 9.17) is 4.74 Å². The van der Waals surface area contributed by atoms with Crippen LogP contribution in [0.3, 0.4) is 0 Å². The molecule has 1 saturated heterocycles. The number of anilines is 1. The van der Waals surface area contributed by atoms with Crippen molar-refractivity contribution in [2.75, 3.05) is 44.3 Å². The highest BCUT2D eigenvalue weighted by Crippen LogP contribution is 2.28. The molecule has 174 valence electrons. The van der Waals surface area contributed by atoms with E-state index in [9.17, 15) is 13.2 Å². The van der Waals surface area contributed by atoms with Gasteiger partial charge in [-0.2, -0.15) is 4.31 Å². The molecule has 1 fully saturated rings. The van der Waals surface area contributed by atoms with Crippen molar-refractivity contribution in [3.63, 3.8) is 0 Å². The van der Waals surface area contributed by atoms with E-state index in [1.807, 2.05) is 38.1 Å². The lowest BCUT2D eigenvalue weighted by Crippen LogP contribution is -2.38. The minimum absolute atomic E-state index is 0.131. The Labute approximate surface area is 191 Å². The van der Waals surface area contributed by atoms with Crippen LogP contribution in [0.4, 0.5) is 5.69 Å². The predicted octanol–water partition coefficient (Wildman–Crippen LogP) is 3.35. The van der Waals surface area contributed by atoms with Crippen LogP contribution < -0.4 is 10.2 Å². The van der Waals surface area contributed by atoms with E-state index in [0.717, 1.165) is 16.8 Å². The highest BCUT2D eigenvalue weighted by molar-refractivity contribution is 7.89. The van der Waals surface area contributed by atoms with Gasteiger partial charge in [-0.15, -0.1) is 0 Å². The van der Waals surface area contributed by atoms with E-state index in [1.165, 1.54) is 10.4 Å². The van der Waals surface area contributed by atoms with Gasteiger partial charge >= 0.3 is 0 Å². The van der Waals surface area contributed by atoms with Gasteiger partial charge in [-0.1, -0.05) is 38.1 Å². The first-order valence-corrected chi connectivity index (χ1v) is 12.6. The number of sulfonamides is 1. The fraction of sp³-hybridized carbons (Fsp3) is 0.458. The van der Waals surface area contributed by atoms with Gasteiger partial charge in [0.1, 0.15) is 0 Å². The number of carbonyl (C=O) groups is 1. The molecule has 32 heavy (non-hydrogen) atoms. The highest BCUT2D eigenvalue weighted by atomic mass is 32.2. The number of hydrogen-bond acceptors (Lipinski definition) is 5. The molecule has 0 bridgehead atoms. The number of aryl methyl sites for hydroxylation is 1. The van der Waals surface area contributed by atoms with Crippen molar-refractivity contribution < 1.29 is 17.9 Å². The fourth-order valence-corrected chi connectivity index (χ4v) is 5.56. The molecule has 2 aromatic rings. The Morgan fingerprint density at radius 1 is 1.12 bits per heavy atom. The van der Waals surface area contributed by atoms with Crippen molar-refractivity contribution in [2.45, 2.75) is 38.6 Å². The summed E-state index contributed by atoms with van der Waals surface area (Å²) in [5, 5.41) is 3.06. The molecule has 1 aliphatic heterocycles. The maximum Gasteiger partial charge on any atom is 0.253 e. The number of nitrogens with zero attached hydrogens (tertiary/aromatic N) is 2. The molecule has 1 aliphatic rings. The van der Waals surface area contributed by atoms with E-state index in [0.29, 0.717) is 45.0 Å². The Kier molecular flexibility index (Phi) is 7.92. The first-order valence-electron chi connectivity index (χ1n) is 11.1. The molecule has 0 spiro atoms. The summed E-state index contributed by atoms with van der Waals surface area (Å²) in [6.45, 7) is 10.7. The number of amides is 1. The molecule has 1 unspecified atom stereocenters. The lowest BCUT2D eigenvalue weighted by molar-refractivity contribution is 0.0938. The number of nitrogens with one attached hydrogen (secondary N) is 1. The smallest absolute Gasteiger partial charge is 0.253 e. The molecule has 1 amide bonds. The fourth-order valence-electron chi connectivity index (χ4n) is 4.07. The summed E-state index contributed by atoms with van der Waals surface area (Å²) in [6, 6.07) is 12.5. The number of benzene rings is 2. The molecule has 7 nitrogen and oxygen atoms in total. The van der Waals surface area contributed by atoms with E-state index in [-0.39, 0.29) is 16.8 Å². The number of rotatable bonds is 8. The van der Waals surface area contributed by atoms with Gasteiger partial charge in [0.25, 0.3) is 5.91 Å². The van der Waals surface area contributed by atoms with Crippen molar-refractivity contribution in [2.24, 2.45) is 0 Å². The molecule has 3 rings (SSSR count). The van der Waals surface area contributed by atoms with E-state index >= 15 is 0 Å². The van der Waals surface area contributed by atoms with Gasteiger partial charge in [-0.3, -0.25) is 4.79 Å². The maximum absolute atomic E-state index is 13.4. The van der Waals surface area contributed by atoms with Crippen LogP contribution in [0, 0.1) is 6.92 Å². The summed E-state index contributed by atoms with van der Waals surface area (Å²) < 4.78 is 33.1. The zero-order valence-corrected chi connectivity index (χ0v) is 20.1. The SMILES string of the molecule is CCN(CC)S(=O)(=O)c1ccc(N2CCOCC2)c(C(=O)NC(C)c2ccccc2C)c1. The van der Waals surface area contributed by atoms with Crippen LogP contribution in [0.25, 0.3) is 0 Å². The number of ether oxygens (including phenoxy) is 1. The molecule has 0 aliphatic carbocycles. The van der Waals surface area contributed by atoms with Crippen LogP contribution in [-0.2, 0) is 14.8 Å². The number of hydrogen-bond donors (Lipinski definition) is 1. The van der Waals surface area contributed by atoms with Crippen molar-refractivity contribution in [3.8, 4) is 0 Å². The van der Waals surface area contributed by atoms with Gasteiger partial charge in [-0.05, 0) is 43.2 Å². The molecular formula is C24H33N3O4S. The van der Waals surface area contributed by atoms with Gasteiger partial charge in [0.05, 0.1) is 29.7 Å². The Hall–Kier alpha value is -2.42. The van der Waals surface area contributed by atoms with E-state index in [2.05, 4.69) is 10.2 Å². The van der Waals surface area contributed by atoms with Gasteiger partial charge in [-0.25, -0.2) is 8.42 Å². The Morgan fingerprint density at radius 2 is 1.78 bits per heavy atom. The second-order valence-electron chi connectivity index (χ2n) is 7.92. The summed E-state index contributed by atoms with van der Waals surface area (Å²) in [4.78, 5) is 15.6. The summed E-state index contributed by atoms with van der Waals surface area (Å²) in [5.41, 5.74) is 3.20. The molecule has 0 saturated carbocycles. The molecule has 0 radical (unpaired) electrons. The maximum atomic E-state index is 13.4. The van der Waals surface area contributed by atoms with Crippen LogP contribution in [-0.4, -0.2) is 58.0 Å². The summed E-state index contributed by atoms with van der Waals surface area (Å²) >= 11 is 0. The van der Waals surface area contributed by atoms with Crippen molar-refractivity contribution in [3.05, 3.63) is 59.2 Å². The quantitative estimate of drug-likeness (QED) is 0.655. The Bertz CT molecular complexity index is 1040. The molecule has 2 aromatic carbocycles. The zero-order valence-electron chi connectivity index (χ0n) is 19.3. The van der Waals surface area contributed by atoms with E-state index in [1.54, 1.807) is 26.0 Å². The van der Waals surface area contributed by atoms with Gasteiger partial charge in [0.15, 0.2) is 0 Å². The Morgan fingerprint density at radius 3 is 2.41 bits per heavy atom. The summed E-state index contributed by atoms with van der Waals surface area (Å²) in [7, 11) is -3.68. The van der Waals surface area contributed by atoms with Crippen LogP contribution in [0.15, 0.2) is 47.4 Å². The zero-order chi connectivity index (χ0) is 23.3. The van der Waals surface area contributed by atoms with Crippen LogP contribution >= 0.6 is 0 Å². The standard InChI is InChI=1S/C24H33N3O4S/c1-5-27(6-2)32(29,30)20-11-12-23(26-13-15-31-16-14-26)22(17-20)24(28)25-19(4)21-10-8-7-9-18(21)3/h7-12,17,19H,5-6,13-16H2,1-4H3,(H,25,28). The number of carbonyl (C=O) groups excluding carboxylic acids is 1.